The quantitative estimate of drug-likeness (QED) is 0.854. The summed E-state index contributed by atoms with van der Waals surface area (Å²) in [6, 6.07) is 8.99. The minimum atomic E-state index is -0.382. The van der Waals surface area contributed by atoms with Crippen LogP contribution in [0.4, 0.5) is 5.69 Å². The van der Waals surface area contributed by atoms with E-state index < -0.39 is 0 Å². The molecule has 3 rings (SSSR count). The summed E-state index contributed by atoms with van der Waals surface area (Å²) in [6.45, 7) is 0.737. The lowest BCUT2D eigenvalue weighted by molar-refractivity contribution is -0.126. The molecule has 0 spiro atoms. The molecule has 26 heavy (non-hydrogen) atoms. The Balaban J connectivity index is 1.65. The van der Waals surface area contributed by atoms with Gasteiger partial charge in [-0.2, -0.15) is 0 Å². The number of methoxy groups -OCH3 is 2. The summed E-state index contributed by atoms with van der Waals surface area (Å²) in [7, 11) is 3.10. The van der Waals surface area contributed by atoms with Crippen molar-refractivity contribution < 1.29 is 19.1 Å². The van der Waals surface area contributed by atoms with Crippen molar-refractivity contribution in [3.8, 4) is 11.5 Å². The average molecular weight is 355 g/mol. The second kappa shape index (κ2) is 7.86. The predicted octanol–water partition coefficient (Wildman–Crippen LogP) is 1.77. The molecule has 0 aliphatic carbocycles. The van der Waals surface area contributed by atoms with Gasteiger partial charge in [-0.25, -0.2) is 0 Å². The minimum Gasteiger partial charge on any atom is -0.493 e. The number of hydrogen-bond donors (Lipinski definition) is 1. The lowest BCUT2D eigenvalue weighted by atomic mass is 10.1. The van der Waals surface area contributed by atoms with E-state index in [1.54, 1.807) is 49.7 Å². The normalized spacial score (nSPS) is 16.5. The van der Waals surface area contributed by atoms with Crippen LogP contribution in [0.25, 0.3) is 0 Å². The van der Waals surface area contributed by atoms with E-state index in [1.807, 2.05) is 12.1 Å². The number of anilines is 1. The van der Waals surface area contributed by atoms with E-state index in [1.165, 1.54) is 0 Å². The molecule has 1 aromatic carbocycles. The molecule has 1 atom stereocenters. The number of nitrogens with zero attached hydrogens (tertiary/aromatic N) is 2. The molecular formula is C19H21N3O4. The van der Waals surface area contributed by atoms with Crippen molar-refractivity contribution in [2.45, 2.75) is 13.0 Å². The fraction of sp³-hybridized carbons (Fsp3) is 0.316. The number of rotatable bonds is 6. The monoisotopic (exact) mass is 355 g/mol. The van der Waals surface area contributed by atoms with E-state index in [9.17, 15) is 9.59 Å². The molecule has 0 saturated carbocycles. The maximum atomic E-state index is 12.4. The van der Waals surface area contributed by atoms with Crippen LogP contribution in [0.3, 0.4) is 0 Å². The van der Waals surface area contributed by atoms with Crippen LogP contribution in [0.15, 0.2) is 42.7 Å². The number of ether oxygens (including phenoxy) is 2. The lowest BCUT2D eigenvalue weighted by Gasteiger charge is -2.18. The van der Waals surface area contributed by atoms with Gasteiger partial charge in [0.05, 0.1) is 20.1 Å². The van der Waals surface area contributed by atoms with Crippen LogP contribution in [-0.2, 0) is 16.1 Å². The molecule has 1 aliphatic heterocycles. The number of benzene rings is 1. The Morgan fingerprint density at radius 3 is 2.77 bits per heavy atom. The van der Waals surface area contributed by atoms with E-state index in [2.05, 4.69) is 10.3 Å². The van der Waals surface area contributed by atoms with Gasteiger partial charge in [-0.1, -0.05) is 6.07 Å². The number of hydrogen-bond acceptors (Lipinski definition) is 5. The molecule has 2 amide bonds. The molecule has 0 bridgehead atoms. The highest BCUT2D eigenvalue weighted by Crippen LogP contribution is 2.34. The Hall–Kier alpha value is -3.09. The first-order valence-electron chi connectivity index (χ1n) is 8.31. The largest absolute Gasteiger partial charge is 0.493 e. The Morgan fingerprint density at radius 1 is 1.27 bits per heavy atom. The molecule has 7 nitrogen and oxygen atoms in total. The number of carbonyl (C=O) groups is 2. The minimum absolute atomic E-state index is 0.0845. The highest BCUT2D eigenvalue weighted by atomic mass is 16.5. The van der Waals surface area contributed by atoms with E-state index in [4.69, 9.17) is 9.47 Å². The fourth-order valence-corrected chi connectivity index (χ4v) is 2.96. The molecule has 2 heterocycles. The second-order valence-electron chi connectivity index (χ2n) is 6.02. The van der Waals surface area contributed by atoms with Gasteiger partial charge in [0.2, 0.25) is 11.8 Å². The summed E-state index contributed by atoms with van der Waals surface area (Å²) in [5.74, 6) is 0.534. The molecule has 1 unspecified atom stereocenters. The van der Waals surface area contributed by atoms with Gasteiger partial charge in [-0.05, 0) is 23.8 Å². The van der Waals surface area contributed by atoms with Gasteiger partial charge in [-0.15, -0.1) is 0 Å². The Bertz CT molecular complexity index is 795. The topological polar surface area (TPSA) is 80.8 Å². The van der Waals surface area contributed by atoms with Crippen molar-refractivity contribution in [1.29, 1.82) is 0 Å². The molecule has 0 radical (unpaired) electrons. The second-order valence-corrected chi connectivity index (χ2v) is 6.02. The summed E-state index contributed by atoms with van der Waals surface area (Å²) >= 11 is 0. The smallest absolute Gasteiger partial charge is 0.227 e. The highest BCUT2D eigenvalue weighted by Gasteiger charge is 2.35. The summed E-state index contributed by atoms with van der Waals surface area (Å²) in [6.07, 6.45) is 3.57. The van der Waals surface area contributed by atoms with Gasteiger partial charge < -0.3 is 19.7 Å². The highest BCUT2D eigenvalue weighted by molar-refractivity contribution is 6.00. The molecule has 1 aliphatic rings. The number of amides is 2. The summed E-state index contributed by atoms with van der Waals surface area (Å²) < 4.78 is 10.5. The van der Waals surface area contributed by atoms with Crippen LogP contribution in [0.2, 0.25) is 0 Å². The Morgan fingerprint density at radius 2 is 2.08 bits per heavy atom. The van der Waals surface area contributed by atoms with Crippen LogP contribution in [-0.4, -0.2) is 37.6 Å². The summed E-state index contributed by atoms with van der Waals surface area (Å²) in [5, 5.41) is 2.87. The van der Waals surface area contributed by atoms with Crippen molar-refractivity contribution in [1.82, 2.24) is 10.3 Å². The first kappa shape index (κ1) is 17.7. The van der Waals surface area contributed by atoms with Gasteiger partial charge in [-0.3, -0.25) is 14.6 Å². The first-order valence-corrected chi connectivity index (χ1v) is 8.31. The van der Waals surface area contributed by atoms with E-state index in [-0.39, 0.29) is 24.2 Å². The third-order valence-electron chi connectivity index (χ3n) is 4.36. The lowest BCUT2D eigenvalue weighted by Crippen LogP contribution is -2.32. The van der Waals surface area contributed by atoms with Gasteiger partial charge in [0.1, 0.15) is 0 Å². The van der Waals surface area contributed by atoms with Crippen LogP contribution in [0.5, 0.6) is 11.5 Å². The third-order valence-corrected chi connectivity index (χ3v) is 4.36. The van der Waals surface area contributed by atoms with Gasteiger partial charge in [0, 0.05) is 43.7 Å². The van der Waals surface area contributed by atoms with Crippen LogP contribution in [0, 0.1) is 5.92 Å². The van der Waals surface area contributed by atoms with Crippen molar-refractivity contribution in [2.75, 3.05) is 25.7 Å². The third kappa shape index (κ3) is 3.77. The Labute approximate surface area is 151 Å². The molecular weight excluding hydrogens is 334 g/mol. The fourth-order valence-electron chi connectivity index (χ4n) is 2.96. The zero-order valence-corrected chi connectivity index (χ0v) is 14.8. The van der Waals surface area contributed by atoms with E-state index >= 15 is 0 Å². The average Bonchev–Trinajstić information content (AvgIpc) is 3.08. The SMILES string of the molecule is COc1ccc(N2CC(C(=O)NCc3cccnc3)CC2=O)cc1OC. The molecule has 7 heteroatoms. The van der Waals surface area contributed by atoms with Crippen LogP contribution < -0.4 is 19.7 Å². The maximum Gasteiger partial charge on any atom is 0.227 e. The van der Waals surface area contributed by atoms with Crippen molar-refractivity contribution >= 4 is 17.5 Å². The summed E-state index contributed by atoms with van der Waals surface area (Å²) in [4.78, 5) is 30.4. The number of carbonyl (C=O) groups excluding carboxylic acids is 2. The molecule has 136 valence electrons. The van der Waals surface area contributed by atoms with E-state index in [0.717, 1.165) is 5.56 Å². The standard InChI is InChI=1S/C19H21N3O4/c1-25-16-6-5-15(9-17(16)26-2)22-12-14(8-18(22)23)19(24)21-11-13-4-3-7-20-10-13/h3-7,9-10,14H,8,11-12H2,1-2H3,(H,21,24). The number of nitrogens with one attached hydrogen (secondary N) is 1. The van der Waals surface area contributed by atoms with Crippen molar-refractivity contribution in [3.63, 3.8) is 0 Å². The molecule has 1 saturated heterocycles. The van der Waals surface area contributed by atoms with Gasteiger partial charge in [0.25, 0.3) is 0 Å². The zero-order valence-electron chi connectivity index (χ0n) is 14.8. The molecule has 1 N–H and O–H groups in total. The number of pyridine rings is 1. The van der Waals surface area contributed by atoms with Crippen LogP contribution >= 0.6 is 0 Å². The van der Waals surface area contributed by atoms with E-state index in [0.29, 0.717) is 30.3 Å². The molecule has 1 fully saturated rings. The number of aromatic nitrogens is 1. The maximum absolute atomic E-state index is 12.4. The first-order chi connectivity index (χ1) is 12.6. The zero-order chi connectivity index (χ0) is 18.5. The van der Waals surface area contributed by atoms with Gasteiger partial charge in [0.15, 0.2) is 11.5 Å². The molecule has 2 aromatic rings. The summed E-state index contributed by atoms with van der Waals surface area (Å²) in [5.41, 5.74) is 1.61. The predicted molar refractivity (Wildman–Crippen MR) is 96.1 cm³/mol. The van der Waals surface area contributed by atoms with Crippen molar-refractivity contribution in [2.24, 2.45) is 5.92 Å². The van der Waals surface area contributed by atoms with Crippen LogP contribution in [0.1, 0.15) is 12.0 Å². The van der Waals surface area contributed by atoms with Gasteiger partial charge >= 0.3 is 0 Å². The van der Waals surface area contributed by atoms with Crippen molar-refractivity contribution in [3.05, 3.63) is 48.3 Å². The molecule has 1 aromatic heterocycles. The Kier molecular flexibility index (Phi) is 5.36.